The molecule has 0 spiro atoms. The van der Waals surface area contributed by atoms with E-state index < -0.39 is 0 Å². The highest BCUT2D eigenvalue weighted by Crippen LogP contribution is 2.13. The first-order valence-corrected chi connectivity index (χ1v) is 6.87. The molecule has 0 aliphatic carbocycles. The lowest BCUT2D eigenvalue weighted by molar-refractivity contribution is 0.397. The molecule has 1 aromatic carbocycles. The predicted molar refractivity (Wildman–Crippen MR) is 81.2 cm³/mol. The van der Waals surface area contributed by atoms with Crippen molar-refractivity contribution in [3.05, 3.63) is 47.7 Å². The second-order valence-corrected chi connectivity index (χ2v) is 4.94. The van der Waals surface area contributed by atoms with Crippen molar-refractivity contribution in [2.24, 2.45) is 0 Å². The van der Waals surface area contributed by atoms with E-state index in [0.29, 0.717) is 17.9 Å². The summed E-state index contributed by atoms with van der Waals surface area (Å²) in [5.74, 6) is 1.22. The molecule has 4 heteroatoms. The van der Waals surface area contributed by atoms with Crippen LogP contribution < -0.4 is 10.1 Å². The van der Waals surface area contributed by atoms with Gasteiger partial charge in [0, 0.05) is 17.8 Å². The van der Waals surface area contributed by atoms with Crippen LogP contribution in [-0.2, 0) is 6.42 Å². The Bertz CT molecular complexity index is 543. The summed E-state index contributed by atoms with van der Waals surface area (Å²) in [5, 5.41) is 3.33. The number of rotatable bonds is 6. The number of hydrogen-bond donors (Lipinski definition) is 1. The van der Waals surface area contributed by atoms with Crippen molar-refractivity contribution in [2.45, 2.75) is 32.7 Å². The molecule has 4 nitrogen and oxygen atoms in total. The van der Waals surface area contributed by atoms with Crippen molar-refractivity contribution >= 4 is 5.95 Å². The molecular weight excluding hydrogens is 250 g/mol. The summed E-state index contributed by atoms with van der Waals surface area (Å²) in [6.45, 7) is 4.07. The molecule has 106 valence electrons. The van der Waals surface area contributed by atoms with E-state index in [2.05, 4.69) is 46.5 Å². The highest BCUT2D eigenvalue weighted by molar-refractivity contribution is 5.31. The van der Waals surface area contributed by atoms with E-state index in [4.69, 9.17) is 4.74 Å². The maximum absolute atomic E-state index is 5.16. The van der Waals surface area contributed by atoms with Gasteiger partial charge in [0.15, 0.2) is 0 Å². The van der Waals surface area contributed by atoms with Crippen LogP contribution in [0.4, 0.5) is 5.95 Å². The van der Waals surface area contributed by atoms with Crippen LogP contribution in [0.3, 0.4) is 0 Å². The fraction of sp³-hybridized carbons (Fsp3) is 0.375. The number of benzene rings is 1. The van der Waals surface area contributed by atoms with Gasteiger partial charge < -0.3 is 10.1 Å². The largest absolute Gasteiger partial charge is 0.481 e. The first-order valence-electron chi connectivity index (χ1n) is 6.87. The fourth-order valence-electron chi connectivity index (χ4n) is 2.03. The second kappa shape index (κ2) is 6.89. The number of methoxy groups -OCH3 is 1. The van der Waals surface area contributed by atoms with Gasteiger partial charge in [0.2, 0.25) is 11.8 Å². The summed E-state index contributed by atoms with van der Waals surface area (Å²) in [4.78, 5) is 8.68. The number of ether oxygens (including phenoxy) is 1. The Balaban J connectivity index is 1.91. The number of aromatic nitrogens is 2. The van der Waals surface area contributed by atoms with Gasteiger partial charge in [0.25, 0.3) is 0 Å². The van der Waals surface area contributed by atoms with Crippen LogP contribution in [-0.4, -0.2) is 23.1 Å². The number of nitrogens with zero attached hydrogens (tertiary/aromatic N) is 2. The van der Waals surface area contributed by atoms with Crippen LogP contribution in [0, 0.1) is 6.92 Å². The van der Waals surface area contributed by atoms with Gasteiger partial charge in [-0.15, -0.1) is 0 Å². The lowest BCUT2D eigenvalue weighted by Crippen LogP contribution is -2.18. The van der Waals surface area contributed by atoms with Gasteiger partial charge in [-0.2, -0.15) is 4.98 Å². The first kappa shape index (κ1) is 14.3. The molecule has 0 fully saturated rings. The zero-order valence-corrected chi connectivity index (χ0v) is 12.3. The van der Waals surface area contributed by atoms with Crippen molar-refractivity contribution < 1.29 is 4.74 Å². The van der Waals surface area contributed by atoms with Gasteiger partial charge in [0.1, 0.15) is 0 Å². The summed E-state index contributed by atoms with van der Waals surface area (Å²) in [5.41, 5.74) is 2.25. The van der Waals surface area contributed by atoms with Crippen molar-refractivity contribution in [1.82, 2.24) is 9.97 Å². The molecular formula is C16H21N3O. The lowest BCUT2D eigenvalue weighted by Gasteiger charge is -2.14. The smallest absolute Gasteiger partial charge is 0.226 e. The molecule has 0 radical (unpaired) electrons. The van der Waals surface area contributed by atoms with E-state index >= 15 is 0 Å². The molecule has 0 saturated carbocycles. The molecule has 20 heavy (non-hydrogen) atoms. The van der Waals surface area contributed by atoms with E-state index in [0.717, 1.165) is 18.5 Å². The summed E-state index contributed by atoms with van der Waals surface area (Å²) in [6, 6.07) is 12.6. The van der Waals surface area contributed by atoms with E-state index in [9.17, 15) is 0 Å². The molecule has 1 heterocycles. The molecule has 2 aromatic rings. The van der Waals surface area contributed by atoms with Crippen molar-refractivity contribution in [2.75, 3.05) is 12.4 Å². The Hall–Kier alpha value is -2.10. The third-order valence-corrected chi connectivity index (χ3v) is 3.12. The molecule has 2 rings (SSSR count). The number of hydrogen-bond acceptors (Lipinski definition) is 4. The van der Waals surface area contributed by atoms with Crippen LogP contribution in [0.5, 0.6) is 5.88 Å². The molecule has 0 amide bonds. The van der Waals surface area contributed by atoms with E-state index in [1.54, 1.807) is 7.11 Å². The molecule has 1 unspecified atom stereocenters. The van der Waals surface area contributed by atoms with Gasteiger partial charge in [-0.25, -0.2) is 4.98 Å². The van der Waals surface area contributed by atoms with Gasteiger partial charge in [-0.1, -0.05) is 30.3 Å². The van der Waals surface area contributed by atoms with E-state index in [1.807, 2.05) is 19.1 Å². The topological polar surface area (TPSA) is 47.0 Å². The van der Waals surface area contributed by atoms with Crippen LogP contribution in [0.15, 0.2) is 36.4 Å². The van der Waals surface area contributed by atoms with Gasteiger partial charge in [-0.05, 0) is 32.3 Å². The highest BCUT2D eigenvalue weighted by Gasteiger charge is 2.07. The molecule has 1 N–H and O–H groups in total. The molecule has 0 bridgehead atoms. The molecule has 0 aliphatic heterocycles. The average Bonchev–Trinajstić information content (AvgIpc) is 2.45. The minimum Gasteiger partial charge on any atom is -0.481 e. The fourth-order valence-corrected chi connectivity index (χ4v) is 2.03. The third-order valence-electron chi connectivity index (χ3n) is 3.12. The standard InChI is InChI=1S/C16H21N3O/c1-12(9-10-14-7-5-4-6-8-14)17-16-18-13(2)11-15(19-16)20-3/h4-8,11-12H,9-10H2,1-3H3,(H,17,18,19). The summed E-state index contributed by atoms with van der Waals surface area (Å²) in [7, 11) is 1.62. The molecule has 0 saturated heterocycles. The van der Waals surface area contributed by atoms with Crippen LogP contribution in [0.25, 0.3) is 0 Å². The number of aryl methyl sites for hydroxylation is 2. The second-order valence-electron chi connectivity index (χ2n) is 4.94. The lowest BCUT2D eigenvalue weighted by atomic mass is 10.1. The third kappa shape index (κ3) is 4.23. The maximum atomic E-state index is 5.16. The Morgan fingerprint density at radius 3 is 2.65 bits per heavy atom. The van der Waals surface area contributed by atoms with Crippen LogP contribution >= 0.6 is 0 Å². The Morgan fingerprint density at radius 1 is 1.20 bits per heavy atom. The molecule has 1 atom stereocenters. The van der Waals surface area contributed by atoms with E-state index in [-0.39, 0.29) is 0 Å². The summed E-state index contributed by atoms with van der Waals surface area (Å²) in [6.07, 6.45) is 2.07. The number of nitrogens with one attached hydrogen (secondary N) is 1. The van der Waals surface area contributed by atoms with Crippen molar-refractivity contribution in [3.8, 4) is 5.88 Å². The normalized spacial score (nSPS) is 11.9. The first-order chi connectivity index (χ1) is 9.67. The SMILES string of the molecule is COc1cc(C)nc(NC(C)CCc2ccccc2)n1. The zero-order valence-electron chi connectivity index (χ0n) is 12.3. The zero-order chi connectivity index (χ0) is 14.4. The quantitative estimate of drug-likeness (QED) is 0.876. The number of anilines is 1. The van der Waals surface area contributed by atoms with Crippen molar-refractivity contribution in [1.29, 1.82) is 0 Å². The maximum Gasteiger partial charge on any atom is 0.226 e. The summed E-state index contributed by atoms with van der Waals surface area (Å²) >= 11 is 0. The van der Waals surface area contributed by atoms with Gasteiger partial charge in [0.05, 0.1) is 7.11 Å². The van der Waals surface area contributed by atoms with Crippen LogP contribution in [0.2, 0.25) is 0 Å². The monoisotopic (exact) mass is 271 g/mol. The average molecular weight is 271 g/mol. The highest BCUT2D eigenvalue weighted by atomic mass is 16.5. The van der Waals surface area contributed by atoms with Crippen molar-refractivity contribution in [3.63, 3.8) is 0 Å². The van der Waals surface area contributed by atoms with E-state index in [1.165, 1.54) is 5.56 Å². The Morgan fingerprint density at radius 2 is 1.95 bits per heavy atom. The Kier molecular flexibility index (Phi) is 4.93. The minimum absolute atomic E-state index is 0.307. The Labute approximate surface area is 120 Å². The van der Waals surface area contributed by atoms with Gasteiger partial charge in [-0.3, -0.25) is 0 Å². The molecule has 0 aliphatic rings. The molecule has 1 aromatic heterocycles. The summed E-state index contributed by atoms with van der Waals surface area (Å²) < 4.78 is 5.16. The van der Waals surface area contributed by atoms with Gasteiger partial charge >= 0.3 is 0 Å². The van der Waals surface area contributed by atoms with Crippen LogP contribution in [0.1, 0.15) is 24.6 Å². The predicted octanol–water partition coefficient (Wildman–Crippen LogP) is 3.23. The minimum atomic E-state index is 0.307.